The number of amides is 1. The van der Waals surface area contributed by atoms with Crippen LogP contribution in [-0.2, 0) is 17.8 Å². The van der Waals surface area contributed by atoms with E-state index in [0.29, 0.717) is 17.9 Å². The Bertz CT molecular complexity index is 721. The van der Waals surface area contributed by atoms with Gasteiger partial charge in [-0.2, -0.15) is 0 Å². The van der Waals surface area contributed by atoms with E-state index in [2.05, 4.69) is 17.0 Å². The highest BCUT2D eigenvalue weighted by molar-refractivity contribution is 5.77. The molecular weight excluding hydrogens is 338 g/mol. The van der Waals surface area contributed by atoms with Gasteiger partial charge in [-0.15, -0.1) is 0 Å². The van der Waals surface area contributed by atoms with Crippen LogP contribution in [0.15, 0.2) is 12.1 Å². The second kappa shape index (κ2) is 6.42. The van der Waals surface area contributed by atoms with Gasteiger partial charge in [-0.05, 0) is 91.4 Å². The summed E-state index contributed by atoms with van der Waals surface area (Å²) in [5, 5.41) is 0. The average molecular weight is 370 g/mol. The van der Waals surface area contributed by atoms with Crippen LogP contribution in [0.5, 0.6) is 11.5 Å². The summed E-state index contributed by atoms with van der Waals surface area (Å²) in [5.41, 5.74) is 2.81. The number of nitrogens with zero attached hydrogens (tertiary/aromatic N) is 1. The van der Waals surface area contributed by atoms with Crippen molar-refractivity contribution < 1.29 is 14.3 Å². The van der Waals surface area contributed by atoms with Crippen LogP contribution in [0.1, 0.15) is 56.1 Å². The van der Waals surface area contributed by atoms with Crippen LogP contribution in [-0.4, -0.2) is 31.6 Å². The lowest BCUT2D eigenvalue weighted by atomic mass is 9.49. The minimum absolute atomic E-state index is 0.323. The predicted molar refractivity (Wildman–Crippen MR) is 104 cm³/mol. The van der Waals surface area contributed by atoms with Gasteiger partial charge in [0.15, 0.2) is 11.5 Å². The molecule has 146 valence electrons. The van der Waals surface area contributed by atoms with Gasteiger partial charge in [0.1, 0.15) is 0 Å². The van der Waals surface area contributed by atoms with E-state index in [0.717, 1.165) is 48.6 Å². The van der Waals surface area contributed by atoms with Crippen molar-refractivity contribution >= 4 is 5.91 Å². The minimum Gasteiger partial charge on any atom is -0.493 e. The Morgan fingerprint density at radius 3 is 2.11 bits per heavy atom. The highest BCUT2D eigenvalue weighted by atomic mass is 16.5. The van der Waals surface area contributed by atoms with Gasteiger partial charge in [0, 0.05) is 19.5 Å². The smallest absolute Gasteiger partial charge is 0.223 e. The maximum absolute atomic E-state index is 13.2. The Morgan fingerprint density at radius 2 is 1.56 bits per heavy atom. The molecule has 0 aromatic heterocycles. The average Bonchev–Trinajstić information content (AvgIpc) is 2.64. The molecule has 1 aromatic carbocycles. The van der Waals surface area contributed by atoms with Crippen LogP contribution in [0.25, 0.3) is 0 Å². The van der Waals surface area contributed by atoms with Crippen LogP contribution in [0, 0.1) is 23.2 Å². The molecule has 0 saturated heterocycles. The molecule has 5 aliphatic rings. The molecule has 4 aliphatic carbocycles. The third-order valence-electron chi connectivity index (χ3n) is 7.76. The summed E-state index contributed by atoms with van der Waals surface area (Å²) < 4.78 is 10.9. The Balaban J connectivity index is 1.31. The third kappa shape index (κ3) is 3.01. The van der Waals surface area contributed by atoms with Gasteiger partial charge in [0.2, 0.25) is 5.91 Å². The number of hydrogen-bond donors (Lipinski definition) is 0. The SMILES string of the molecule is COc1cc2c(cc1OC)CN(C(=O)CC13CC4CC(CC(C4)C1)C3)CC2. The Hall–Kier alpha value is -1.71. The summed E-state index contributed by atoms with van der Waals surface area (Å²) >= 11 is 0. The number of carbonyl (C=O) groups excluding carboxylic acids is 1. The van der Waals surface area contributed by atoms with Crippen molar-refractivity contribution in [3.05, 3.63) is 23.3 Å². The van der Waals surface area contributed by atoms with Gasteiger partial charge in [-0.25, -0.2) is 0 Å². The van der Waals surface area contributed by atoms with E-state index in [9.17, 15) is 4.79 Å². The van der Waals surface area contributed by atoms with E-state index in [1.807, 2.05) is 0 Å². The molecule has 27 heavy (non-hydrogen) atoms. The molecule has 0 N–H and O–H groups in total. The summed E-state index contributed by atoms with van der Waals surface area (Å²) in [6.07, 6.45) is 9.91. The molecule has 4 bridgehead atoms. The van der Waals surface area contributed by atoms with Crippen LogP contribution in [0.4, 0.5) is 0 Å². The normalized spacial score (nSPS) is 33.7. The zero-order chi connectivity index (χ0) is 18.6. The summed E-state index contributed by atoms with van der Waals surface area (Å²) in [4.78, 5) is 15.3. The number of benzene rings is 1. The highest BCUT2D eigenvalue weighted by Gasteiger charge is 2.51. The molecule has 4 nitrogen and oxygen atoms in total. The lowest BCUT2D eigenvalue weighted by Crippen LogP contribution is -2.48. The van der Waals surface area contributed by atoms with Crippen molar-refractivity contribution in [1.29, 1.82) is 0 Å². The molecule has 4 heteroatoms. The lowest BCUT2D eigenvalue weighted by Gasteiger charge is -2.57. The Morgan fingerprint density at radius 1 is 1.00 bits per heavy atom. The minimum atomic E-state index is 0.323. The first-order chi connectivity index (χ1) is 13.1. The van der Waals surface area contributed by atoms with Gasteiger partial charge in [0.25, 0.3) is 0 Å². The number of ether oxygens (including phenoxy) is 2. The van der Waals surface area contributed by atoms with Crippen molar-refractivity contribution in [2.75, 3.05) is 20.8 Å². The second-order valence-electron chi connectivity index (χ2n) is 9.64. The number of hydrogen-bond acceptors (Lipinski definition) is 3. The first kappa shape index (κ1) is 17.4. The van der Waals surface area contributed by atoms with Crippen molar-refractivity contribution in [3.63, 3.8) is 0 Å². The fourth-order valence-corrected chi connectivity index (χ4v) is 7.04. The number of rotatable bonds is 4. The molecule has 0 unspecified atom stereocenters. The highest BCUT2D eigenvalue weighted by Crippen LogP contribution is 2.61. The van der Waals surface area contributed by atoms with Crippen LogP contribution in [0.2, 0.25) is 0 Å². The molecule has 4 saturated carbocycles. The summed E-state index contributed by atoms with van der Waals surface area (Å²) in [5.74, 6) is 4.63. The topological polar surface area (TPSA) is 38.8 Å². The van der Waals surface area contributed by atoms with Crippen LogP contribution < -0.4 is 9.47 Å². The van der Waals surface area contributed by atoms with Gasteiger partial charge >= 0.3 is 0 Å². The van der Waals surface area contributed by atoms with Gasteiger partial charge < -0.3 is 14.4 Å². The molecule has 0 spiro atoms. The number of fused-ring (bicyclic) bond motifs is 1. The Kier molecular flexibility index (Phi) is 4.14. The molecule has 4 fully saturated rings. The molecule has 0 radical (unpaired) electrons. The van der Waals surface area contributed by atoms with Crippen LogP contribution >= 0.6 is 0 Å². The van der Waals surface area contributed by atoms with E-state index in [1.165, 1.54) is 49.7 Å². The molecule has 6 rings (SSSR count). The molecule has 1 aromatic rings. The van der Waals surface area contributed by atoms with Crippen molar-refractivity contribution in [1.82, 2.24) is 4.90 Å². The fourth-order valence-electron chi connectivity index (χ4n) is 7.04. The largest absolute Gasteiger partial charge is 0.493 e. The quantitative estimate of drug-likeness (QED) is 0.799. The number of methoxy groups -OCH3 is 2. The van der Waals surface area contributed by atoms with Gasteiger partial charge in [-0.1, -0.05) is 0 Å². The Labute approximate surface area is 162 Å². The first-order valence-corrected chi connectivity index (χ1v) is 10.6. The van der Waals surface area contributed by atoms with Crippen molar-refractivity contribution in [3.8, 4) is 11.5 Å². The summed E-state index contributed by atoms with van der Waals surface area (Å²) in [6, 6.07) is 4.13. The van der Waals surface area contributed by atoms with Gasteiger partial charge in [-0.3, -0.25) is 4.79 Å². The summed E-state index contributed by atoms with van der Waals surface area (Å²) in [7, 11) is 3.34. The fraction of sp³-hybridized carbons (Fsp3) is 0.696. The maximum atomic E-state index is 13.2. The number of carbonyl (C=O) groups is 1. The monoisotopic (exact) mass is 369 g/mol. The van der Waals surface area contributed by atoms with E-state index in [1.54, 1.807) is 14.2 Å². The molecule has 0 atom stereocenters. The first-order valence-electron chi connectivity index (χ1n) is 10.6. The van der Waals surface area contributed by atoms with E-state index >= 15 is 0 Å². The molecule has 1 amide bonds. The lowest BCUT2D eigenvalue weighted by molar-refractivity contribution is -0.140. The van der Waals surface area contributed by atoms with E-state index in [-0.39, 0.29) is 0 Å². The maximum Gasteiger partial charge on any atom is 0.223 e. The van der Waals surface area contributed by atoms with Crippen molar-refractivity contribution in [2.24, 2.45) is 23.2 Å². The van der Waals surface area contributed by atoms with E-state index < -0.39 is 0 Å². The zero-order valence-corrected chi connectivity index (χ0v) is 16.6. The van der Waals surface area contributed by atoms with Gasteiger partial charge in [0.05, 0.1) is 14.2 Å². The zero-order valence-electron chi connectivity index (χ0n) is 16.6. The standard InChI is InChI=1S/C23H31NO3/c1-26-20-8-18-3-4-24(14-19(18)9-21(20)27-2)22(25)13-23-10-15-5-16(11-23)7-17(6-15)12-23/h8-9,15-17H,3-7,10-14H2,1-2H3. The van der Waals surface area contributed by atoms with E-state index in [4.69, 9.17) is 9.47 Å². The van der Waals surface area contributed by atoms with Crippen molar-refractivity contribution in [2.45, 2.75) is 57.9 Å². The molecule has 1 heterocycles. The summed E-state index contributed by atoms with van der Waals surface area (Å²) in [6.45, 7) is 1.54. The predicted octanol–water partition coefficient (Wildman–Crippen LogP) is 4.20. The molecular formula is C23H31NO3. The molecule has 1 aliphatic heterocycles. The third-order valence-corrected chi connectivity index (χ3v) is 7.76. The van der Waals surface area contributed by atoms with Crippen LogP contribution in [0.3, 0.4) is 0 Å². The second-order valence-corrected chi connectivity index (χ2v) is 9.64.